The van der Waals surface area contributed by atoms with Crippen molar-refractivity contribution in [3.05, 3.63) is 65.7 Å². The van der Waals surface area contributed by atoms with Gasteiger partial charge in [-0.05, 0) is 50.5 Å². The van der Waals surface area contributed by atoms with Crippen molar-refractivity contribution >= 4 is 5.91 Å². The van der Waals surface area contributed by atoms with Crippen LogP contribution in [0.5, 0.6) is 0 Å². The maximum absolute atomic E-state index is 12.6. The van der Waals surface area contributed by atoms with E-state index in [1.54, 1.807) is 23.1 Å². The van der Waals surface area contributed by atoms with Gasteiger partial charge in [-0.3, -0.25) is 14.5 Å². The fraction of sp³-hybridized carbons (Fsp3) is 0.364. The second-order valence-electron chi connectivity index (χ2n) is 7.69. The highest BCUT2D eigenvalue weighted by Gasteiger charge is 2.33. The Bertz CT molecular complexity index is 1000. The van der Waals surface area contributed by atoms with Gasteiger partial charge in [0, 0.05) is 36.5 Å². The Labute approximate surface area is 169 Å². The molecule has 2 aromatic heterocycles. The van der Waals surface area contributed by atoms with Gasteiger partial charge in [0.1, 0.15) is 5.82 Å². The Morgan fingerprint density at radius 1 is 1.24 bits per heavy atom. The fourth-order valence-electron chi connectivity index (χ4n) is 3.95. The van der Waals surface area contributed by atoms with Crippen molar-refractivity contribution in [2.24, 2.45) is 7.05 Å². The Balaban J connectivity index is 1.50. The van der Waals surface area contributed by atoms with Gasteiger partial charge in [0.05, 0.1) is 12.1 Å². The summed E-state index contributed by atoms with van der Waals surface area (Å²) in [5.74, 6) is 1.46. The minimum atomic E-state index is -0.564. The molecule has 3 aromatic rings. The van der Waals surface area contributed by atoms with Crippen molar-refractivity contribution in [1.29, 1.82) is 0 Å². The predicted molar refractivity (Wildman–Crippen MR) is 109 cm³/mol. The fourth-order valence-corrected chi connectivity index (χ4v) is 3.95. The maximum atomic E-state index is 12.6. The Hall–Kier alpha value is -3.06. The summed E-state index contributed by atoms with van der Waals surface area (Å²) in [6.07, 6.45) is 4.94. The van der Waals surface area contributed by atoms with Gasteiger partial charge in [-0.25, -0.2) is 4.98 Å². The number of aliphatic hydroxyl groups is 1. The monoisotopic (exact) mass is 391 g/mol. The summed E-state index contributed by atoms with van der Waals surface area (Å²) in [7, 11) is 1.88. The number of carbonyl (C=O) groups is 1. The van der Waals surface area contributed by atoms with Crippen LogP contribution in [0, 0.1) is 6.92 Å². The smallest absolute Gasteiger partial charge is 0.251 e. The van der Waals surface area contributed by atoms with Crippen LogP contribution < -0.4 is 5.32 Å². The number of aliphatic hydroxyl groups excluding tert-OH is 1. The molecule has 1 aliphatic rings. The van der Waals surface area contributed by atoms with Crippen LogP contribution in [-0.2, 0) is 7.05 Å². The molecule has 0 saturated heterocycles. The summed E-state index contributed by atoms with van der Waals surface area (Å²) >= 11 is 0. The zero-order valence-corrected chi connectivity index (χ0v) is 16.6. The number of pyridine rings is 1. The highest BCUT2D eigenvalue weighted by Crippen LogP contribution is 2.33. The molecule has 0 radical (unpaired) electrons. The van der Waals surface area contributed by atoms with Gasteiger partial charge in [-0.15, -0.1) is 0 Å². The number of aryl methyl sites for hydroxylation is 2. The van der Waals surface area contributed by atoms with E-state index in [0.29, 0.717) is 24.2 Å². The summed E-state index contributed by atoms with van der Waals surface area (Å²) in [5, 5.41) is 18.0. The average molecular weight is 391 g/mol. The molecule has 29 heavy (non-hydrogen) atoms. The first-order chi connectivity index (χ1) is 14.0. The van der Waals surface area contributed by atoms with Crippen LogP contribution in [0.3, 0.4) is 0 Å². The lowest BCUT2D eigenvalue weighted by Crippen LogP contribution is -2.47. The first kappa shape index (κ1) is 19.3. The van der Waals surface area contributed by atoms with Crippen molar-refractivity contribution in [1.82, 2.24) is 25.1 Å². The molecule has 2 N–H and O–H groups in total. The highest BCUT2D eigenvalue weighted by atomic mass is 16.3. The van der Waals surface area contributed by atoms with Gasteiger partial charge in [0.15, 0.2) is 5.82 Å². The van der Waals surface area contributed by atoms with Crippen LogP contribution in [0.15, 0.2) is 48.8 Å². The number of hydrogen-bond donors (Lipinski definition) is 2. The second kappa shape index (κ2) is 8.13. The number of nitrogens with one attached hydrogen (secondary N) is 1. The number of rotatable bonds is 4. The van der Waals surface area contributed by atoms with Crippen LogP contribution in [0.2, 0.25) is 0 Å². The lowest BCUT2D eigenvalue weighted by Gasteiger charge is -2.33. The van der Waals surface area contributed by atoms with Gasteiger partial charge in [-0.1, -0.05) is 17.7 Å². The van der Waals surface area contributed by atoms with E-state index in [9.17, 15) is 9.90 Å². The van der Waals surface area contributed by atoms with Crippen LogP contribution in [0.1, 0.15) is 46.9 Å². The zero-order chi connectivity index (χ0) is 20.4. The predicted octanol–water partition coefficient (Wildman–Crippen LogP) is 2.61. The molecule has 7 nitrogen and oxygen atoms in total. The molecule has 2 heterocycles. The van der Waals surface area contributed by atoms with E-state index in [-0.39, 0.29) is 17.9 Å². The minimum absolute atomic E-state index is 0.115. The van der Waals surface area contributed by atoms with E-state index in [2.05, 4.69) is 15.4 Å². The lowest BCUT2D eigenvalue weighted by molar-refractivity contribution is 0.0669. The first-order valence-electron chi connectivity index (χ1n) is 9.88. The van der Waals surface area contributed by atoms with Gasteiger partial charge < -0.3 is 10.4 Å². The summed E-state index contributed by atoms with van der Waals surface area (Å²) in [6.45, 7) is 1.95. The quantitative estimate of drug-likeness (QED) is 0.713. The van der Waals surface area contributed by atoms with E-state index < -0.39 is 6.10 Å². The van der Waals surface area contributed by atoms with Crippen molar-refractivity contribution in [3.8, 4) is 11.4 Å². The topological polar surface area (TPSA) is 92.9 Å². The van der Waals surface area contributed by atoms with E-state index in [1.165, 1.54) is 0 Å². The molecule has 7 heteroatoms. The summed E-state index contributed by atoms with van der Waals surface area (Å²) in [5.41, 5.74) is 2.51. The van der Waals surface area contributed by atoms with E-state index in [4.69, 9.17) is 4.98 Å². The Kier molecular flexibility index (Phi) is 5.40. The molecular weight excluding hydrogens is 366 g/mol. The van der Waals surface area contributed by atoms with Gasteiger partial charge >= 0.3 is 0 Å². The Morgan fingerprint density at radius 2 is 2.10 bits per heavy atom. The minimum Gasteiger partial charge on any atom is -0.391 e. The molecule has 0 aliphatic heterocycles. The molecule has 1 aromatic carbocycles. The highest BCUT2D eigenvalue weighted by molar-refractivity contribution is 5.94. The molecule has 4 rings (SSSR count). The molecule has 150 valence electrons. The molecule has 0 spiro atoms. The third-order valence-electron chi connectivity index (χ3n) is 5.49. The van der Waals surface area contributed by atoms with Crippen LogP contribution in [0.4, 0.5) is 0 Å². The van der Waals surface area contributed by atoms with Crippen molar-refractivity contribution in [2.45, 2.75) is 44.2 Å². The van der Waals surface area contributed by atoms with Gasteiger partial charge in [-0.2, -0.15) is 5.10 Å². The average Bonchev–Trinajstić information content (AvgIpc) is 3.12. The van der Waals surface area contributed by atoms with Gasteiger partial charge in [0.2, 0.25) is 0 Å². The number of carbonyl (C=O) groups excluding carboxylic acids is 1. The SMILES string of the molecule is Cc1cccc(C(=O)N[C@@H]2C[C@@H](c3nc(-c4cccnc4)nn3C)CC[C@H]2O)c1. The van der Waals surface area contributed by atoms with Crippen LogP contribution in [-0.4, -0.2) is 42.9 Å². The third kappa shape index (κ3) is 4.19. The molecule has 3 atom stereocenters. The number of benzene rings is 1. The number of hydrogen-bond acceptors (Lipinski definition) is 5. The number of aromatic nitrogens is 4. The molecule has 1 fully saturated rings. The molecule has 0 unspecified atom stereocenters. The maximum Gasteiger partial charge on any atom is 0.251 e. The molecule has 0 bridgehead atoms. The summed E-state index contributed by atoms with van der Waals surface area (Å²) in [6, 6.07) is 10.9. The standard InChI is InChI=1S/C22H25N5O2/c1-14-5-3-6-16(11-14)22(29)24-18-12-15(8-9-19(18)28)21-25-20(26-27(21)2)17-7-4-10-23-13-17/h3-7,10-11,13,15,18-19,28H,8-9,12H2,1-2H3,(H,24,29)/t15-,18+,19+/m0/s1. The lowest BCUT2D eigenvalue weighted by atomic mass is 9.83. The molecule has 1 amide bonds. The largest absolute Gasteiger partial charge is 0.391 e. The normalized spacial score (nSPS) is 21.7. The van der Waals surface area contributed by atoms with E-state index in [1.807, 2.05) is 44.3 Å². The molecular formula is C22H25N5O2. The van der Waals surface area contributed by atoms with Crippen molar-refractivity contribution in [3.63, 3.8) is 0 Å². The molecule has 1 saturated carbocycles. The van der Waals surface area contributed by atoms with E-state index >= 15 is 0 Å². The summed E-state index contributed by atoms with van der Waals surface area (Å²) in [4.78, 5) is 21.5. The first-order valence-corrected chi connectivity index (χ1v) is 9.88. The zero-order valence-electron chi connectivity index (χ0n) is 16.6. The van der Waals surface area contributed by atoms with Crippen molar-refractivity contribution in [2.75, 3.05) is 0 Å². The number of nitrogens with zero attached hydrogens (tertiary/aromatic N) is 4. The second-order valence-corrected chi connectivity index (χ2v) is 7.69. The van der Waals surface area contributed by atoms with Gasteiger partial charge in [0.25, 0.3) is 5.91 Å². The Morgan fingerprint density at radius 3 is 2.86 bits per heavy atom. The van der Waals surface area contributed by atoms with Crippen LogP contribution in [0.25, 0.3) is 11.4 Å². The third-order valence-corrected chi connectivity index (χ3v) is 5.49. The molecule has 1 aliphatic carbocycles. The number of amides is 1. The van der Waals surface area contributed by atoms with Crippen molar-refractivity contribution < 1.29 is 9.90 Å². The van der Waals surface area contributed by atoms with E-state index in [0.717, 1.165) is 23.4 Å². The van der Waals surface area contributed by atoms with Crippen LogP contribution >= 0.6 is 0 Å². The summed E-state index contributed by atoms with van der Waals surface area (Å²) < 4.78 is 1.80.